The van der Waals surface area contributed by atoms with Gasteiger partial charge < -0.3 is 14.8 Å². The molecule has 0 aromatic heterocycles. The quantitative estimate of drug-likeness (QED) is 0.748. The maximum absolute atomic E-state index is 11.6. The van der Waals surface area contributed by atoms with Gasteiger partial charge in [-0.15, -0.1) is 0 Å². The molecule has 0 saturated heterocycles. The number of esters is 1. The van der Waals surface area contributed by atoms with Crippen LogP contribution in [0, 0.1) is 12.8 Å². The third-order valence-electron chi connectivity index (χ3n) is 2.71. The highest BCUT2D eigenvalue weighted by Crippen LogP contribution is 2.09. The van der Waals surface area contributed by atoms with Crippen LogP contribution in [-0.4, -0.2) is 31.7 Å². The Kier molecular flexibility index (Phi) is 7.46. The number of amides is 1. The Morgan fingerprint density at radius 2 is 2.00 bits per heavy atom. The maximum Gasteiger partial charge on any atom is 0.332 e. The molecule has 1 amide bonds. The Morgan fingerprint density at radius 3 is 2.67 bits per heavy atom. The summed E-state index contributed by atoms with van der Waals surface area (Å²) in [5.74, 6) is -0.256. The number of hydrogen-bond donors (Lipinski definition) is 1. The monoisotopic (exact) mass is 293 g/mol. The summed E-state index contributed by atoms with van der Waals surface area (Å²) in [5.41, 5.74) is 1.77. The molecule has 0 atom stereocenters. The SMILES string of the molecule is Cc1cccc(NC(=O)COCC(=O)OCCC(C)C)c1. The van der Waals surface area contributed by atoms with Crippen LogP contribution in [0.15, 0.2) is 24.3 Å². The molecule has 0 aliphatic heterocycles. The van der Waals surface area contributed by atoms with E-state index < -0.39 is 5.97 Å². The van der Waals surface area contributed by atoms with Gasteiger partial charge in [-0.25, -0.2) is 4.79 Å². The van der Waals surface area contributed by atoms with E-state index >= 15 is 0 Å². The lowest BCUT2D eigenvalue weighted by atomic mass is 10.1. The summed E-state index contributed by atoms with van der Waals surface area (Å²) in [5, 5.41) is 2.70. The minimum Gasteiger partial charge on any atom is -0.464 e. The Labute approximate surface area is 125 Å². The average Bonchev–Trinajstić information content (AvgIpc) is 2.38. The summed E-state index contributed by atoms with van der Waals surface area (Å²) in [7, 11) is 0. The molecule has 5 nitrogen and oxygen atoms in total. The number of ether oxygens (including phenoxy) is 2. The fourth-order valence-corrected chi connectivity index (χ4v) is 1.60. The van der Waals surface area contributed by atoms with Crippen molar-refractivity contribution in [2.75, 3.05) is 25.1 Å². The average molecular weight is 293 g/mol. The summed E-state index contributed by atoms with van der Waals surface area (Å²) in [6.07, 6.45) is 0.819. The fraction of sp³-hybridized carbons (Fsp3) is 0.500. The Balaban J connectivity index is 2.17. The Morgan fingerprint density at radius 1 is 1.24 bits per heavy atom. The summed E-state index contributed by atoms with van der Waals surface area (Å²) in [6.45, 7) is 6.06. The molecule has 0 heterocycles. The first kappa shape index (κ1) is 17.2. The zero-order chi connectivity index (χ0) is 15.7. The van der Waals surface area contributed by atoms with Gasteiger partial charge >= 0.3 is 5.97 Å². The molecule has 0 bridgehead atoms. The molecule has 1 N–H and O–H groups in total. The molecule has 1 aromatic rings. The topological polar surface area (TPSA) is 64.6 Å². The second-order valence-corrected chi connectivity index (χ2v) is 5.31. The first-order chi connectivity index (χ1) is 9.97. The number of hydrogen-bond acceptors (Lipinski definition) is 4. The molecule has 21 heavy (non-hydrogen) atoms. The largest absolute Gasteiger partial charge is 0.464 e. The Hall–Kier alpha value is -1.88. The Bertz CT molecular complexity index is 471. The van der Waals surface area contributed by atoms with E-state index in [9.17, 15) is 9.59 Å². The van der Waals surface area contributed by atoms with Gasteiger partial charge in [-0.1, -0.05) is 26.0 Å². The van der Waals surface area contributed by atoms with E-state index in [1.54, 1.807) is 6.07 Å². The van der Waals surface area contributed by atoms with Gasteiger partial charge in [0.05, 0.1) is 6.61 Å². The van der Waals surface area contributed by atoms with Crippen molar-refractivity contribution in [2.24, 2.45) is 5.92 Å². The van der Waals surface area contributed by atoms with Crippen LogP contribution in [-0.2, 0) is 19.1 Å². The van der Waals surface area contributed by atoms with E-state index in [0.717, 1.165) is 12.0 Å². The number of carbonyl (C=O) groups excluding carboxylic acids is 2. The molecule has 0 spiro atoms. The molecule has 0 unspecified atom stereocenters. The van der Waals surface area contributed by atoms with Crippen molar-refractivity contribution < 1.29 is 19.1 Å². The predicted molar refractivity (Wildman–Crippen MR) is 81.0 cm³/mol. The van der Waals surface area contributed by atoms with Crippen molar-refractivity contribution in [3.63, 3.8) is 0 Å². The van der Waals surface area contributed by atoms with Crippen LogP contribution in [0.5, 0.6) is 0 Å². The van der Waals surface area contributed by atoms with Gasteiger partial charge in [0.1, 0.15) is 13.2 Å². The number of benzene rings is 1. The molecule has 1 rings (SSSR count). The lowest BCUT2D eigenvalue weighted by molar-refractivity contribution is -0.149. The van der Waals surface area contributed by atoms with Gasteiger partial charge in [0.2, 0.25) is 5.91 Å². The summed E-state index contributed by atoms with van der Waals surface area (Å²) < 4.78 is 10.0. The molecular formula is C16H23NO4. The van der Waals surface area contributed by atoms with E-state index in [4.69, 9.17) is 9.47 Å². The number of nitrogens with one attached hydrogen (secondary N) is 1. The highest BCUT2D eigenvalue weighted by Gasteiger charge is 2.07. The summed E-state index contributed by atoms with van der Waals surface area (Å²) in [4.78, 5) is 23.0. The molecule has 116 valence electrons. The van der Waals surface area contributed by atoms with E-state index in [1.165, 1.54) is 0 Å². The molecular weight excluding hydrogens is 270 g/mol. The number of anilines is 1. The van der Waals surface area contributed by atoms with Crippen molar-refractivity contribution in [3.8, 4) is 0 Å². The molecule has 0 aliphatic rings. The zero-order valence-electron chi connectivity index (χ0n) is 12.8. The third-order valence-corrected chi connectivity index (χ3v) is 2.71. The lowest BCUT2D eigenvalue weighted by Gasteiger charge is -2.08. The standard InChI is InChI=1S/C16H23NO4/c1-12(2)7-8-21-16(19)11-20-10-15(18)17-14-6-4-5-13(3)9-14/h4-6,9,12H,7-8,10-11H2,1-3H3,(H,17,18). The molecule has 5 heteroatoms. The van der Waals surface area contributed by atoms with E-state index in [1.807, 2.05) is 25.1 Å². The van der Waals surface area contributed by atoms with Crippen LogP contribution < -0.4 is 5.32 Å². The van der Waals surface area contributed by atoms with Crippen molar-refractivity contribution in [2.45, 2.75) is 27.2 Å². The zero-order valence-corrected chi connectivity index (χ0v) is 12.8. The van der Waals surface area contributed by atoms with Crippen molar-refractivity contribution in [1.29, 1.82) is 0 Å². The van der Waals surface area contributed by atoms with Gasteiger partial charge in [-0.3, -0.25) is 4.79 Å². The first-order valence-corrected chi connectivity index (χ1v) is 7.07. The van der Waals surface area contributed by atoms with Gasteiger partial charge in [0.15, 0.2) is 0 Å². The van der Waals surface area contributed by atoms with E-state index in [-0.39, 0.29) is 19.1 Å². The summed E-state index contributed by atoms with van der Waals surface area (Å²) in [6, 6.07) is 7.46. The van der Waals surface area contributed by atoms with Crippen LogP contribution in [0.4, 0.5) is 5.69 Å². The van der Waals surface area contributed by atoms with Crippen LogP contribution in [0.2, 0.25) is 0 Å². The van der Waals surface area contributed by atoms with Crippen LogP contribution in [0.25, 0.3) is 0 Å². The normalized spacial score (nSPS) is 10.5. The van der Waals surface area contributed by atoms with Crippen LogP contribution in [0.3, 0.4) is 0 Å². The van der Waals surface area contributed by atoms with Crippen LogP contribution in [0.1, 0.15) is 25.8 Å². The summed E-state index contributed by atoms with van der Waals surface area (Å²) >= 11 is 0. The van der Waals surface area contributed by atoms with Gasteiger partial charge in [0.25, 0.3) is 0 Å². The van der Waals surface area contributed by atoms with E-state index in [0.29, 0.717) is 18.2 Å². The second-order valence-electron chi connectivity index (χ2n) is 5.31. The minimum absolute atomic E-state index is 0.173. The number of aryl methyl sites for hydroxylation is 1. The van der Waals surface area contributed by atoms with Gasteiger partial charge in [-0.05, 0) is 37.0 Å². The lowest BCUT2D eigenvalue weighted by Crippen LogP contribution is -2.22. The van der Waals surface area contributed by atoms with E-state index in [2.05, 4.69) is 19.2 Å². The minimum atomic E-state index is -0.445. The van der Waals surface area contributed by atoms with Gasteiger partial charge in [-0.2, -0.15) is 0 Å². The number of rotatable bonds is 8. The van der Waals surface area contributed by atoms with Gasteiger partial charge in [0, 0.05) is 5.69 Å². The van der Waals surface area contributed by atoms with Crippen LogP contribution >= 0.6 is 0 Å². The molecule has 1 aromatic carbocycles. The van der Waals surface area contributed by atoms with Crippen molar-refractivity contribution in [1.82, 2.24) is 0 Å². The molecule has 0 fully saturated rings. The predicted octanol–water partition coefficient (Wildman–Crippen LogP) is 2.54. The highest BCUT2D eigenvalue weighted by atomic mass is 16.6. The number of carbonyl (C=O) groups is 2. The molecule has 0 aliphatic carbocycles. The molecule has 0 saturated carbocycles. The molecule has 0 radical (unpaired) electrons. The fourth-order valence-electron chi connectivity index (χ4n) is 1.60. The maximum atomic E-state index is 11.6. The van der Waals surface area contributed by atoms with Crippen molar-refractivity contribution >= 4 is 17.6 Å². The second kappa shape index (κ2) is 9.13. The first-order valence-electron chi connectivity index (χ1n) is 7.07. The highest BCUT2D eigenvalue weighted by molar-refractivity contribution is 5.91. The third kappa shape index (κ3) is 8.09. The smallest absolute Gasteiger partial charge is 0.332 e. The van der Waals surface area contributed by atoms with Crippen molar-refractivity contribution in [3.05, 3.63) is 29.8 Å².